The van der Waals surface area contributed by atoms with E-state index >= 15 is 0 Å². The van der Waals surface area contributed by atoms with Gasteiger partial charge >= 0.3 is 0 Å². The van der Waals surface area contributed by atoms with Crippen molar-refractivity contribution in [1.29, 1.82) is 0 Å². The average molecular weight is 348 g/mol. The van der Waals surface area contributed by atoms with E-state index in [0.29, 0.717) is 16.0 Å². The fourth-order valence-corrected chi connectivity index (χ4v) is 4.03. The van der Waals surface area contributed by atoms with E-state index in [1.807, 2.05) is 18.2 Å². The van der Waals surface area contributed by atoms with E-state index < -0.39 is 11.2 Å². The smallest absolute Gasteiger partial charge is 0.248 e. The number of allylic oxidation sites excluding steroid dienone is 1. The number of benzene rings is 2. The van der Waals surface area contributed by atoms with Crippen LogP contribution in [0.4, 0.5) is 0 Å². The molecule has 0 radical (unpaired) electrons. The van der Waals surface area contributed by atoms with Crippen LogP contribution in [0.3, 0.4) is 0 Å². The summed E-state index contributed by atoms with van der Waals surface area (Å²) in [5.41, 5.74) is 7.50. The van der Waals surface area contributed by atoms with Crippen LogP contribution in [0.15, 0.2) is 62.8 Å². The molecule has 0 saturated heterocycles. The van der Waals surface area contributed by atoms with Crippen LogP contribution in [0, 0.1) is 0 Å². The van der Waals surface area contributed by atoms with Gasteiger partial charge in [0.05, 0.1) is 5.56 Å². The van der Waals surface area contributed by atoms with Gasteiger partial charge in [0.25, 0.3) is 0 Å². The van der Waals surface area contributed by atoms with Crippen LogP contribution < -0.4 is 5.73 Å². The second-order valence-electron chi connectivity index (χ2n) is 4.32. The van der Waals surface area contributed by atoms with Gasteiger partial charge in [0, 0.05) is 21.2 Å². The van der Waals surface area contributed by atoms with Gasteiger partial charge in [0.15, 0.2) is 4.90 Å². The highest BCUT2D eigenvalue weighted by Gasteiger charge is 2.41. The monoisotopic (exact) mass is 347 g/mol. The molecule has 5 heteroatoms. The number of hydrogen-bond acceptors (Lipinski definition) is 3. The molecule has 0 spiro atoms. The number of carbonyl (C=O) groups is 1. The standard InChI is InChI=1S/C15H10BrNO2S/c16-11-7-3-1-5-9(11)13(17)15-14(18)10-6-2-4-8-12(10)20(15)19/h1-8H,17H2/b15-13+. The lowest BCUT2D eigenvalue weighted by molar-refractivity contribution is 0.104. The first-order valence-electron chi connectivity index (χ1n) is 5.91. The molecule has 0 amide bonds. The predicted molar refractivity (Wildman–Crippen MR) is 82.4 cm³/mol. The Labute approximate surface area is 127 Å². The van der Waals surface area contributed by atoms with Gasteiger partial charge in [0.2, 0.25) is 10.7 Å². The highest BCUT2D eigenvalue weighted by atomic mass is 79.9. The number of carbonyl (C=O) groups excluding carboxylic acids is 1. The van der Waals surface area contributed by atoms with E-state index in [1.165, 1.54) is 0 Å². The van der Waals surface area contributed by atoms with Crippen molar-refractivity contribution in [1.82, 2.24) is 0 Å². The van der Waals surface area contributed by atoms with Crippen molar-refractivity contribution >= 4 is 38.6 Å². The minimum absolute atomic E-state index is 0.165. The Morgan fingerprint density at radius 3 is 2.45 bits per heavy atom. The van der Waals surface area contributed by atoms with Gasteiger partial charge in [-0.1, -0.05) is 46.3 Å². The number of Topliss-reactive ketones (excluding diaryl/α,β-unsaturated/α-hetero) is 1. The SMILES string of the molecule is N/C(=C1\C(=O)c2ccccc2[S+]1[O-])c1ccccc1Br. The van der Waals surface area contributed by atoms with Gasteiger partial charge in [-0.05, 0) is 18.2 Å². The molecule has 0 saturated carbocycles. The summed E-state index contributed by atoms with van der Waals surface area (Å²) in [6, 6.07) is 14.2. The Hall–Kier alpha value is -1.56. The highest BCUT2D eigenvalue weighted by molar-refractivity contribution is 9.10. The zero-order chi connectivity index (χ0) is 14.3. The van der Waals surface area contributed by atoms with Gasteiger partial charge in [-0.2, -0.15) is 0 Å². The third kappa shape index (κ3) is 1.98. The second kappa shape index (κ2) is 5.09. The fraction of sp³-hybridized carbons (Fsp3) is 0. The van der Waals surface area contributed by atoms with E-state index in [4.69, 9.17) is 5.73 Å². The maximum absolute atomic E-state index is 12.5. The molecule has 3 nitrogen and oxygen atoms in total. The minimum atomic E-state index is -1.52. The maximum Gasteiger partial charge on any atom is 0.248 e. The number of ketones is 1. The molecule has 100 valence electrons. The topological polar surface area (TPSA) is 66.2 Å². The molecule has 1 aliphatic rings. The fourth-order valence-electron chi connectivity index (χ4n) is 2.16. The second-order valence-corrected chi connectivity index (χ2v) is 6.56. The minimum Gasteiger partial charge on any atom is -0.606 e. The summed E-state index contributed by atoms with van der Waals surface area (Å²) in [6.45, 7) is 0. The number of hydrogen-bond donors (Lipinski definition) is 1. The Morgan fingerprint density at radius 2 is 1.75 bits per heavy atom. The van der Waals surface area contributed by atoms with Crippen LogP contribution in [-0.2, 0) is 11.2 Å². The molecule has 20 heavy (non-hydrogen) atoms. The van der Waals surface area contributed by atoms with Gasteiger partial charge < -0.3 is 10.3 Å². The summed E-state index contributed by atoms with van der Waals surface area (Å²) in [6.07, 6.45) is 0. The summed E-state index contributed by atoms with van der Waals surface area (Å²) in [4.78, 5) is 13.1. The molecule has 1 unspecified atom stereocenters. The largest absolute Gasteiger partial charge is 0.606 e. The Bertz CT molecular complexity index is 742. The van der Waals surface area contributed by atoms with Gasteiger partial charge in [-0.3, -0.25) is 4.79 Å². The van der Waals surface area contributed by atoms with Crippen molar-refractivity contribution in [3.05, 3.63) is 69.0 Å². The van der Waals surface area contributed by atoms with E-state index in [2.05, 4.69) is 15.9 Å². The van der Waals surface area contributed by atoms with Crippen LogP contribution in [0.5, 0.6) is 0 Å². The number of rotatable bonds is 1. The lowest BCUT2D eigenvalue weighted by atomic mass is 10.1. The molecule has 1 aliphatic heterocycles. The van der Waals surface area contributed by atoms with E-state index in [1.54, 1.807) is 30.3 Å². The van der Waals surface area contributed by atoms with Crippen molar-refractivity contribution < 1.29 is 9.35 Å². The first-order valence-corrected chi connectivity index (χ1v) is 7.85. The van der Waals surface area contributed by atoms with E-state index in [-0.39, 0.29) is 16.4 Å². The summed E-state index contributed by atoms with van der Waals surface area (Å²) < 4.78 is 13.2. The normalized spacial score (nSPS) is 19.9. The lowest BCUT2D eigenvalue weighted by Gasteiger charge is -2.09. The third-order valence-corrected chi connectivity index (χ3v) is 5.35. The maximum atomic E-state index is 12.5. The van der Waals surface area contributed by atoms with E-state index in [9.17, 15) is 9.35 Å². The summed E-state index contributed by atoms with van der Waals surface area (Å²) in [5.74, 6) is -0.257. The molecule has 3 rings (SSSR count). The first-order chi connectivity index (χ1) is 9.61. The quantitative estimate of drug-likeness (QED) is 0.636. The summed E-state index contributed by atoms with van der Waals surface area (Å²) in [7, 11) is 0. The van der Waals surface area contributed by atoms with Crippen LogP contribution in [0.25, 0.3) is 5.70 Å². The summed E-state index contributed by atoms with van der Waals surface area (Å²) >= 11 is 1.87. The molecule has 0 aromatic heterocycles. The Balaban J connectivity index is 2.19. The van der Waals surface area contributed by atoms with Crippen LogP contribution in [0.2, 0.25) is 0 Å². The molecular formula is C15H10BrNO2S. The zero-order valence-electron chi connectivity index (χ0n) is 10.3. The third-order valence-electron chi connectivity index (χ3n) is 3.13. The molecular weight excluding hydrogens is 338 g/mol. The number of nitrogens with two attached hydrogens (primary N) is 1. The van der Waals surface area contributed by atoms with Crippen molar-refractivity contribution in [2.75, 3.05) is 0 Å². The Morgan fingerprint density at radius 1 is 1.10 bits per heavy atom. The molecule has 2 N–H and O–H groups in total. The molecule has 1 heterocycles. The zero-order valence-corrected chi connectivity index (χ0v) is 12.7. The van der Waals surface area contributed by atoms with Crippen molar-refractivity contribution in [2.45, 2.75) is 4.90 Å². The van der Waals surface area contributed by atoms with Gasteiger partial charge in [-0.25, -0.2) is 0 Å². The van der Waals surface area contributed by atoms with Gasteiger partial charge in [0.1, 0.15) is 5.70 Å². The average Bonchev–Trinajstić information content (AvgIpc) is 2.71. The summed E-state index contributed by atoms with van der Waals surface area (Å²) in [5, 5.41) is 0. The van der Waals surface area contributed by atoms with Crippen LogP contribution in [-0.4, -0.2) is 10.3 Å². The van der Waals surface area contributed by atoms with Gasteiger partial charge in [-0.15, -0.1) is 0 Å². The van der Waals surface area contributed by atoms with Crippen LogP contribution >= 0.6 is 15.9 Å². The molecule has 0 fully saturated rings. The van der Waals surface area contributed by atoms with Crippen molar-refractivity contribution in [3.63, 3.8) is 0 Å². The van der Waals surface area contributed by atoms with E-state index in [0.717, 1.165) is 4.47 Å². The number of fused-ring (bicyclic) bond motifs is 1. The molecule has 0 aliphatic carbocycles. The molecule has 2 aromatic rings. The number of halogens is 1. The predicted octanol–water partition coefficient (Wildman–Crippen LogP) is 3.08. The molecule has 2 aromatic carbocycles. The lowest BCUT2D eigenvalue weighted by Crippen LogP contribution is -2.11. The molecule has 1 atom stereocenters. The molecule has 0 bridgehead atoms. The highest BCUT2D eigenvalue weighted by Crippen LogP contribution is 2.37. The van der Waals surface area contributed by atoms with Crippen molar-refractivity contribution in [3.8, 4) is 0 Å². The first kappa shape index (κ1) is 13.4. The van der Waals surface area contributed by atoms with Crippen molar-refractivity contribution in [2.24, 2.45) is 5.73 Å². The van der Waals surface area contributed by atoms with Crippen LogP contribution in [0.1, 0.15) is 15.9 Å². The Kier molecular flexibility index (Phi) is 3.41.